The van der Waals surface area contributed by atoms with Crippen molar-refractivity contribution in [1.82, 2.24) is 14.7 Å². The van der Waals surface area contributed by atoms with E-state index in [1.165, 1.54) is 0 Å². The number of nitrogens with one attached hydrogen (secondary N) is 2. The van der Waals surface area contributed by atoms with E-state index in [0.717, 1.165) is 24.1 Å². The summed E-state index contributed by atoms with van der Waals surface area (Å²) in [6.45, 7) is 2.13. The van der Waals surface area contributed by atoms with Gasteiger partial charge in [-0.15, -0.1) is 0 Å². The second-order valence-electron chi connectivity index (χ2n) is 10.2. The van der Waals surface area contributed by atoms with E-state index in [1.807, 2.05) is 54.6 Å². The maximum atomic E-state index is 12.6. The minimum Gasteiger partial charge on any atom is -0.588 e. The van der Waals surface area contributed by atoms with Crippen LogP contribution in [0, 0.1) is 17.2 Å². The van der Waals surface area contributed by atoms with Gasteiger partial charge in [0.25, 0.3) is 5.91 Å². The van der Waals surface area contributed by atoms with Gasteiger partial charge in [0.15, 0.2) is 10.7 Å². The number of amides is 2. The molecule has 2 aliphatic rings. The lowest BCUT2D eigenvalue weighted by Crippen LogP contribution is -2.46. The Morgan fingerprint density at radius 1 is 1.15 bits per heavy atom. The predicted octanol–water partition coefficient (Wildman–Crippen LogP) is 3.37. The molecular weight excluding hydrogens is 514 g/mol. The van der Waals surface area contributed by atoms with Gasteiger partial charge in [0.2, 0.25) is 5.91 Å². The van der Waals surface area contributed by atoms with E-state index in [2.05, 4.69) is 26.1 Å². The molecule has 2 aromatic carbocycles. The molecule has 1 aromatic heterocycles. The van der Waals surface area contributed by atoms with E-state index >= 15 is 0 Å². The Morgan fingerprint density at radius 2 is 1.90 bits per heavy atom. The number of nitriles is 1. The maximum Gasteiger partial charge on any atom is 0.254 e. The summed E-state index contributed by atoms with van der Waals surface area (Å²) in [5.74, 6) is -0.703. The van der Waals surface area contributed by atoms with Crippen molar-refractivity contribution in [3.05, 3.63) is 71.9 Å². The first kappa shape index (κ1) is 26.7. The molecule has 1 aliphatic carbocycles. The number of nitrogens with two attached hydrogens (primary N) is 1. The Balaban J connectivity index is 1.25. The zero-order chi connectivity index (χ0) is 27.4. The summed E-state index contributed by atoms with van der Waals surface area (Å²) < 4.78 is 17.4. The van der Waals surface area contributed by atoms with E-state index in [1.54, 1.807) is 10.9 Å². The fourth-order valence-electron chi connectivity index (χ4n) is 4.92. The molecule has 1 saturated heterocycles. The number of anilines is 2. The highest BCUT2D eigenvalue weighted by atomic mass is 32.2. The summed E-state index contributed by atoms with van der Waals surface area (Å²) in [5, 5.41) is 16.9. The molecule has 0 bridgehead atoms. The van der Waals surface area contributed by atoms with Crippen LogP contribution in [0.2, 0.25) is 0 Å². The van der Waals surface area contributed by atoms with Gasteiger partial charge in [0.05, 0.1) is 23.7 Å². The molecular formula is C28H31N7O3S. The molecule has 2 fully saturated rings. The third-order valence-electron chi connectivity index (χ3n) is 7.35. The molecule has 3 aromatic rings. The second kappa shape index (κ2) is 11.5. The van der Waals surface area contributed by atoms with Crippen molar-refractivity contribution in [1.29, 1.82) is 5.26 Å². The molecule has 1 aliphatic heterocycles. The van der Waals surface area contributed by atoms with Gasteiger partial charge in [-0.3, -0.25) is 19.2 Å². The van der Waals surface area contributed by atoms with Gasteiger partial charge < -0.3 is 15.6 Å². The molecule has 11 heteroatoms. The molecule has 202 valence electrons. The lowest BCUT2D eigenvalue weighted by atomic mass is 9.84. The van der Waals surface area contributed by atoms with Crippen LogP contribution in [0.25, 0.3) is 0 Å². The van der Waals surface area contributed by atoms with E-state index in [9.17, 15) is 19.4 Å². The Bertz CT molecular complexity index is 1380. The molecule has 0 radical (unpaired) electrons. The number of rotatable bonds is 10. The van der Waals surface area contributed by atoms with Crippen molar-refractivity contribution in [3.8, 4) is 6.07 Å². The number of benzene rings is 2. The molecule has 1 atom stereocenters. The quantitative estimate of drug-likeness (QED) is 0.330. The summed E-state index contributed by atoms with van der Waals surface area (Å²) >= 11 is -1.35. The summed E-state index contributed by atoms with van der Waals surface area (Å²) in [6, 6.07) is 19.4. The Morgan fingerprint density at radius 3 is 2.56 bits per heavy atom. The molecule has 2 amide bonds. The van der Waals surface area contributed by atoms with Crippen LogP contribution in [-0.2, 0) is 28.2 Å². The Labute approximate surface area is 230 Å². The largest absolute Gasteiger partial charge is 0.588 e. The Hall–Kier alpha value is -3.85. The highest BCUT2D eigenvalue weighted by molar-refractivity contribution is 7.92. The first-order valence-electron chi connectivity index (χ1n) is 13.0. The summed E-state index contributed by atoms with van der Waals surface area (Å²) in [5.41, 5.74) is 7.00. The topological polar surface area (TPSA) is 152 Å². The highest BCUT2D eigenvalue weighted by Gasteiger charge is 2.39. The molecule has 4 N–H and O–H groups in total. The molecule has 1 unspecified atom stereocenters. The first-order chi connectivity index (χ1) is 18.9. The number of hydrogen-bond donors (Lipinski definition) is 3. The van der Waals surface area contributed by atoms with Crippen LogP contribution in [-0.4, -0.2) is 44.1 Å². The standard InChI is InChI=1S/C28H31N7O3S/c29-14-11-28(35-19-24(25(30)36)26(32-35)31-27(37)21-9-10-21)12-15-34(16-13-28)18-20-5-4-6-22(17-20)33-39(38)23-7-2-1-3-8-23/h1-8,17,19,21,33H,9-13,15-16,18H2,(H2,30,36)(H,31,32,37). The van der Waals surface area contributed by atoms with Crippen LogP contribution >= 0.6 is 0 Å². The highest BCUT2D eigenvalue weighted by Crippen LogP contribution is 2.36. The maximum absolute atomic E-state index is 12.6. The number of hydrogen-bond acceptors (Lipinski definition) is 7. The molecule has 0 spiro atoms. The smallest absolute Gasteiger partial charge is 0.254 e. The van der Waals surface area contributed by atoms with Gasteiger partial charge in [-0.2, -0.15) is 10.4 Å². The zero-order valence-corrected chi connectivity index (χ0v) is 22.3. The molecule has 5 rings (SSSR count). The van der Waals surface area contributed by atoms with Crippen LogP contribution in [0.1, 0.15) is 48.0 Å². The third-order valence-corrected chi connectivity index (χ3v) is 8.47. The SMILES string of the molecule is N#CCC1(n2cc(C(N)=O)c(NC(=O)C3CC3)n2)CCN(Cc2cccc(N[S+]([O-])c3ccccc3)c2)CC1. The lowest BCUT2D eigenvalue weighted by molar-refractivity contribution is -0.117. The number of primary amides is 1. The van der Waals surface area contributed by atoms with Crippen LogP contribution in [0.4, 0.5) is 11.5 Å². The van der Waals surface area contributed by atoms with Crippen molar-refractivity contribution >= 4 is 34.7 Å². The van der Waals surface area contributed by atoms with Gasteiger partial charge in [0.1, 0.15) is 16.9 Å². The second-order valence-corrected chi connectivity index (χ2v) is 11.4. The summed E-state index contributed by atoms with van der Waals surface area (Å²) in [6.07, 6.45) is 4.74. The van der Waals surface area contributed by atoms with Crippen molar-refractivity contribution in [3.63, 3.8) is 0 Å². The number of piperidine rings is 1. The predicted molar refractivity (Wildman–Crippen MR) is 148 cm³/mol. The number of carbonyl (C=O) groups is 2. The van der Waals surface area contributed by atoms with Crippen molar-refractivity contribution in [2.75, 3.05) is 23.1 Å². The van der Waals surface area contributed by atoms with E-state index in [4.69, 9.17) is 5.73 Å². The van der Waals surface area contributed by atoms with Crippen molar-refractivity contribution in [2.24, 2.45) is 11.7 Å². The fourth-order valence-corrected chi connectivity index (χ4v) is 5.78. The molecule has 1 saturated carbocycles. The van der Waals surface area contributed by atoms with Gasteiger partial charge in [-0.1, -0.05) is 30.3 Å². The fraction of sp³-hybridized carbons (Fsp3) is 0.357. The number of aromatic nitrogens is 2. The molecule has 2 heterocycles. The zero-order valence-electron chi connectivity index (χ0n) is 21.5. The normalized spacial score (nSPS) is 17.6. The number of nitrogens with zero attached hydrogens (tertiary/aromatic N) is 4. The average Bonchev–Trinajstić information content (AvgIpc) is 3.70. The van der Waals surface area contributed by atoms with Crippen LogP contribution in [0.15, 0.2) is 65.7 Å². The van der Waals surface area contributed by atoms with Crippen molar-refractivity contribution in [2.45, 2.75) is 49.1 Å². The van der Waals surface area contributed by atoms with Crippen molar-refractivity contribution < 1.29 is 14.1 Å². The average molecular weight is 546 g/mol. The monoisotopic (exact) mass is 545 g/mol. The van der Waals surface area contributed by atoms with E-state index in [-0.39, 0.29) is 29.6 Å². The van der Waals surface area contributed by atoms with Crippen LogP contribution in [0.3, 0.4) is 0 Å². The van der Waals surface area contributed by atoms with Crippen LogP contribution in [0.5, 0.6) is 0 Å². The number of carbonyl (C=O) groups excluding carboxylic acids is 2. The molecule has 10 nitrogen and oxygen atoms in total. The van der Waals surface area contributed by atoms with E-state index in [0.29, 0.717) is 37.4 Å². The van der Waals surface area contributed by atoms with Gasteiger partial charge in [-0.25, -0.2) is 4.72 Å². The van der Waals surface area contributed by atoms with Gasteiger partial charge in [0, 0.05) is 31.7 Å². The third kappa shape index (κ3) is 6.25. The van der Waals surface area contributed by atoms with Crippen LogP contribution < -0.4 is 15.8 Å². The first-order valence-corrected chi connectivity index (χ1v) is 14.1. The Kier molecular flexibility index (Phi) is 7.88. The number of likely N-dealkylation sites (tertiary alicyclic amines) is 1. The summed E-state index contributed by atoms with van der Waals surface area (Å²) in [7, 11) is 0. The minimum absolute atomic E-state index is 0.0424. The van der Waals surface area contributed by atoms with E-state index < -0.39 is 22.8 Å². The molecule has 39 heavy (non-hydrogen) atoms. The lowest BCUT2D eigenvalue weighted by Gasteiger charge is -2.40. The minimum atomic E-state index is -1.35. The van der Waals surface area contributed by atoms with Gasteiger partial charge in [-0.05, 0) is 55.5 Å². The summed E-state index contributed by atoms with van der Waals surface area (Å²) in [4.78, 5) is 27.4. The van der Waals surface area contributed by atoms with Gasteiger partial charge >= 0.3 is 0 Å².